The lowest BCUT2D eigenvalue weighted by Gasteiger charge is -1.98. The van der Waals surface area contributed by atoms with E-state index in [1.165, 1.54) is 6.07 Å². The van der Waals surface area contributed by atoms with Crippen molar-refractivity contribution in [3.8, 4) is 0 Å². The molecule has 4 nitrogen and oxygen atoms in total. The van der Waals surface area contributed by atoms with Crippen LogP contribution in [0.4, 0.5) is 0 Å². The highest BCUT2D eigenvalue weighted by atomic mass is 35.5. The number of rotatable bonds is 1. The van der Waals surface area contributed by atoms with Crippen LogP contribution in [0.1, 0.15) is 10.4 Å². The van der Waals surface area contributed by atoms with Gasteiger partial charge in [-0.05, 0) is 17.5 Å². The zero-order valence-electron chi connectivity index (χ0n) is 7.56. The molecule has 0 spiro atoms. The van der Waals surface area contributed by atoms with Gasteiger partial charge in [0.25, 0.3) is 5.56 Å². The number of hydrogen-bond donors (Lipinski definition) is 2. The Balaban J connectivity index is 0.00000112. The molecule has 0 fully saturated rings. The van der Waals surface area contributed by atoms with Gasteiger partial charge in [-0.1, -0.05) is 18.2 Å². The fourth-order valence-electron chi connectivity index (χ4n) is 1.31. The molecule has 0 aliphatic rings. The van der Waals surface area contributed by atoms with E-state index in [1.54, 1.807) is 24.3 Å². The Hall–Kier alpha value is -1.81. The summed E-state index contributed by atoms with van der Waals surface area (Å²) < 4.78 is 0. The van der Waals surface area contributed by atoms with E-state index >= 15 is 0 Å². The second kappa shape index (κ2) is 4.14. The van der Waals surface area contributed by atoms with Gasteiger partial charge in [-0.25, -0.2) is 4.79 Å². The number of H-pyrrole nitrogens is 1. The third-order valence-corrected chi connectivity index (χ3v) is 1.98. The minimum atomic E-state index is -1.21. The lowest BCUT2D eigenvalue weighted by atomic mass is 10.1. The monoisotopic (exact) mass is 225 g/mol. The SMILES string of the molecule is Cl.O=C(O)c1cc2ccccc2[nH]c1=O. The van der Waals surface area contributed by atoms with Crippen LogP contribution in [0.25, 0.3) is 10.9 Å². The molecule has 0 aliphatic heterocycles. The van der Waals surface area contributed by atoms with Gasteiger partial charge in [0.2, 0.25) is 0 Å². The second-order valence-electron chi connectivity index (χ2n) is 2.90. The van der Waals surface area contributed by atoms with Crippen LogP contribution >= 0.6 is 12.4 Å². The minimum absolute atomic E-state index is 0. The summed E-state index contributed by atoms with van der Waals surface area (Å²) in [5.41, 5.74) is -0.164. The van der Waals surface area contributed by atoms with E-state index < -0.39 is 11.5 Å². The zero-order valence-corrected chi connectivity index (χ0v) is 8.38. The predicted molar refractivity (Wildman–Crippen MR) is 58.8 cm³/mol. The number of aromatic carboxylic acids is 1. The third kappa shape index (κ3) is 1.99. The second-order valence-corrected chi connectivity index (χ2v) is 2.90. The number of nitrogens with one attached hydrogen (secondary N) is 1. The van der Waals surface area contributed by atoms with Gasteiger partial charge in [-0.3, -0.25) is 4.79 Å². The highest BCUT2D eigenvalue weighted by Gasteiger charge is 2.08. The Bertz CT molecular complexity index is 562. The van der Waals surface area contributed by atoms with Gasteiger partial charge in [-0.2, -0.15) is 0 Å². The van der Waals surface area contributed by atoms with Gasteiger partial charge < -0.3 is 10.1 Å². The number of carbonyl (C=O) groups is 1. The predicted octanol–water partition coefficient (Wildman–Crippen LogP) is 1.65. The molecule has 1 heterocycles. The van der Waals surface area contributed by atoms with Gasteiger partial charge in [-0.15, -0.1) is 12.4 Å². The molecule has 0 aliphatic carbocycles. The first kappa shape index (κ1) is 11.3. The van der Waals surface area contributed by atoms with E-state index in [-0.39, 0.29) is 18.0 Å². The van der Waals surface area contributed by atoms with Crippen molar-refractivity contribution in [3.05, 3.63) is 46.2 Å². The maximum atomic E-state index is 11.2. The number of para-hydroxylation sites is 1. The topological polar surface area (TPSA) is 70.2 Å². The van der Waals surface area contributed by atoms with E-state index in [4.69, 9.17) is 5.11 Å². The molecule has 0 atom stereocenters. The van der Waals surface area contributed by atoms with Crippen molar-refractivity contribution in [2.24, 2.45) is 0 Å². The van der Waals surface area contributed by atoms with Gasteiger partial charge in [0.15, 0.2) is 0 Å². The molecule has 5 heteroatoms. The summed E-state index contributed by atoms with van der Waals surface area (Å²) >= 11 is 0. The van der Waals surface area contributed by atoms with Crippen LogP contribution in [0.3, 0.4) is 0 Å². The quantitative estimate of drug-likeness (QED) is 0.775. The van der Waals surface area contributed by atoms with Crippen LogP contribution in [-0.4, -0.2) is 16.1 Å². The van der Waals surface area contributed by atoms with E-state index in [0.29, 0.717) is 10.9 Å². The van der Waals surface area contributed by atoms with Crippen LogP contribution in [0.15, 0.2) is 35.1 Å². The van der Waals surface area contributed by atoms with Crippen LogP contribution in [0, 0.1) is 0 Å². The lowest BCUT2D eigenvalue weighted by molar-refractivity contribution is 0.0695. The van der Waals surface area contributed by atoms with E-state index in [0.717, 1.165) is 0 Å². The molecule has 0 bridgehead atoms. The number of aromatic amines is 1. The number of halogens is 1. The van der Waals surface area contributed by atoms with Crippen molar-refractivity contribution < 1.29 is 9.90 Å². The number of carboxylic acids is 1. The fourth-order valence-corrected chi connectivity index (χ4v) is 1.31. The van der Waals surface area contributed by atoms with Gasteiger partial charge in [0.1, 0.15) is 5.56 Å². The van der Waals surface area contributed by atoms with Crippen molar-refractivity contribution in [1.29, 1.82) is 0 Å². The third-order valence-electron chi connectivity index (χ3n) is 1.98. The first-order valence-corrected chi connectivity index (χ1v) is 4.04. The van der Waals surface area contributed by atoms with E-state index in [2.05, 4.69) is 4.98 Å². The Kier molecular flexibility index (Phi) is 3.11. The minimum Gasteiger partial charge on any atom is -0.477 e. The van der Waals surface area contributed by atoms with Crippen molar-refractivity contribution in [2.75, 3.05) is 0 Å². The zero-order chi connectivity index (χ0) is 10.1. The maximum Gasteiger partial charge on any atom is 0.341 e. The molecule has 0 amide bonds. The molecule has 2 aromatic rings. The van der Waals surface area contributed by atoms with Crippen molar-refractivity contribution in [3.63, 3.8) is 0 Å². The summed E-state index contributed by atoms with van der Waals surface area (Å²) in [6.07, 6.45) is 0. The number of carboxylic acid groups (broad SMARTS) is 1. The summed E-state index contributed by atoms with van der Waals surface area (Å²) in [4.78, 5) is 24.4. The van der Waals surface area contributed by atoms with Gasteiger partial charge in [0.05, 0.1) is 0 Å². The maximum absolute atomic E-state index is 11.2. The van der Waals surface area contributed by atoms with Crippen LogP contribution < -0.4 is 5.56 Å². The molecule has 0 saturated heterocycles. The normalized spacial score (nSPS) is 9.60. The van der Waals surface area contributed by atoms with Crippen LogP contribution in [0.2, 0.25) is 0 Å². The first-order valence-electron chi connectivity index (χ1n) is 4.04. The highest BCUT2D eigenvalue weighted by Crippen LogP contribution is 2.09. The summed E-state index contributed by atoms with van der Waals surface area (Å²) in [6, 6.07) is 8.40. The summed E-state index contributed by atoms with van der Waals surface area (Å²) in [5, 5.41) is 9.42. The Morgan fingerprint density at radius 2 is 1.93 bits per heavy atom. The van der Waals surface area contributed by atoms with Crippen molar-refractivity contribution >= 4 is 29.3 Å². The molecule has 78 valence electrons. The number of hydrogen-bond acceptors (Lipinski definition) is 2. The van der Waals surface area contributed by atoms with Crippen LogP contribution in [-0.2, 0) is 0 Å². The number of benzene rings is 1. The van der Waals surface area contributed by atoms with E-state index in [9.17, 15) is 9.59 Å². The molecular weight excluding hydrogens is 218 g/mol. The lowest BCUT2D eigenvalue weighted by Crippen LogP contribution is -2.16. The van der Waals surface area contributed by atoms with Gasteiger partial charge >= 0.3 is 5.97 Å². The molecule has 1 aromatic carbocycles. The molecular formula is C10H8ClNO3. The molecule has 0 saturated carbocycles. The highest BCUT2D eigenvalue weighted by molar-refractivity contribution is 5.92. The molecule has 15 heavy (non-hydrogen) atoms. The standard InChI is InChI=1S/C10H7NO3.ClH/c12-9-7(10(13)14)5-6-3-1-2-4-8(6)11-9;/h1-5H,(H,11,12)(H,13,14);1H. The Morgan fingerprint density at radius 1 is 1.27 bits per heavy atom. The first-order chi connectivity index (χ1) is 6.68. The smallest absolute Gasteiger partial charge is 0.341 e. The van der Waals surface area contributed by atoms with Crippen molar-refractivity contribution in [2.45, 2.75) is 0 Å². The molecule has 1 aromatic heterocycles. The summed E-state index contributed by atoms with van der Waals surface area (Å²) in [5.74, 6) is -1.21. The number of pyridine rings is 1. The average Bonchev–Trinajstić information content (AvgIpc) is 2.16. The average molecular weight is 226 g/mol. The van der Waals surface area contributed by atoms with Crippen molar-refractivity contribution in [1.82, 2.24) is 4.98 Å². The molecule has 2 N–H and O–H groups in total. The molecule has 0 radical (unpaired) electrons. The molecule has 2 rings (SSSR count). The summed E-state index contributed by atoms with van der Waals surface area (Å²) in [7, 11) is 0. The van der Waals surface area contributed by atoms with Crippen LogP contribution in [0.5, 0.6) is 0 Å². The number of fused-ring (bicyclic) bond motifs is 1. The van der Waals surface area contributed by atoms with Gasteiger partial charge in [0, 0.05) is 5.52 Å². The fraction of sp³-hybridized carbons (Fsp3) is 0. The number of aromatic nitrogens is 1. The summed E-state index contributed by atoms with van der Waals surface area (Å²) in [6.45, 7) is 0. The largest absolute Gasteiger partial charge is 0.477 e. The Labute approximate surface area is 91.0 Å². The van der Waals surface area contributed by atoms with E-state index in [1.807, 2.05) is 0 Å². The molecule has 0 unspecified atom stereocenters. The Morgan fingerprint density at radius 3 is 2.60 bits per heavy atom.